The number of hydrogen-bond donors (Lipinski definition) is 2. The first kappa shape index (κ1) is 24.8. The fraction of sp³-hybridized carbons (Fsp3) is 1.00. The second kappa shape index (κ2) is 93.3. The Bertz CT molecular complexity index is 6.00. The van der Waals surface area contributed by atoms with Gasteiger partial charge < -0.3 is 0 Å². The third-order valence-electron chi connectivity index (χ3n) is 0. The van der Waals surface area contributed by atoms with Gasteiger partial charge >= 0.3 is 18.0 Å². The van der Waals surface area contributed by atoms with Crippen molar-refractivity contribution in [1.82, 2.24) is 0 Å². The van der Waals surface area contributed by atoms with Crippen LogP contribution in [0.1, 0.15) is 7.43 Å². The van der Waals surface area contributed by atoms with Gasteiger partial charge in [0.05, 0.1) is 0 Å². The van der Waals surface area contributed by atoms with Gasteiger partial charge in [-0.3, -0.25) is 10.5 Å². The van der Waals surface area contributed by atoms with Gasteiger partial charge in [-0.2, -0.15) is 0 Å². The third-order valence-corrected chi connectivity index (χ3v) is 0. The Labute approximate surface area is 36.7 Å². The normalized spacial score (nSPS) is 1.50. The molecule has 0 aromatic rings. The molecule has 3 heteroatoms. The van der Waals surface area contributed by atoms with E-state index in [1.54, 1.807) is 0 Å². The van der Waals surface area contributed by atoms with E-state index in [2.05, 4.69) is 0 Å². The molecule has 4 heavy (non-hydrogen) atoms. The fourth-order valence-electron chi connectivity index (χ4n) is 0. The summed E-state index contributed by atoms with van der Waals surface area (Å²) in [5, 5.41) is 12.0. The molecule has 0 amide bonds. The molecule has 0 rings (SSSR count). The average molecular weight is 128 g/mol. The molecule has 2 N–H and O–H groups in total. The van der Waals surface area contributed by atoms with Crippen molar-refractivity contribution in [2.75, 3.05) is 0 Å². The van der Waals surface area contributed by atoms with Gasteiger partial charge in [-0.25, -0.2) is 0 Å². The molecule has 0 aromatic carbocycles. The quantitative estimate of drug-likeness (QED) is 0.261. The molecule has 0 aliphatic carbocycles. The summed E-state index contributed by atoms with van der Waals surface area (Å²) in [5.41, 5.74) is 0. The monoisotopic (exact) mass is 128 g/mol. The summed E-state index contributed by atoms with van der Waals surface area (Å²) in [7, 11) is 0. The predicted molar refractivity (Wildman–Crippen MR) is 21.9 cm³/mol. The van der Waals surface area contributed by atoms with Gasteiger partial charge in [0, 0.05) is 0 Å². The Morgan fingerprint density at radius 2 is 1.00 bits per heavy atom. The fourth-order valence-corrected chi connectivity index (χ4v) is 0. The summed E-state index contributed by atoms with van der Waals surface area (Å²) in [6, 6.07) is 0. The molecule has 0 aliphatic heterocycles. The van der Waals surface area contributed by atoms with Crippen molar-refractivity contribution in [1.29, 1.82) is 0 Å². The van der Waals surface area contributed by atoms with Crippen molar-refractivity contribution in [3.05, 3.63) is 0 Å². The molecule has 30 valence electrons. The van der Waals surface area contributed by atoms with Crippen LogP contribution in [0, 0.1) is 0 Å². The van der Waals surface area contributed by atoms with Gasteiger partial charge in [0.15, 0.2) is 0 Å². The summed E-state index contributed by atoms with van der Waals surface area (Å²) >= 11 is 0. The van der Waals surface area contributed by atoms with E-state index >= 15 is 0 Å². The van der Waals surface area contributed by atoms with Crippen LogP contribution in [0.4, 0.5) is 0 Å². The first-order chi connectivity index (χ1) is 1.00. The Morgan fingerprint density at radius 1 is 1.00 bits per heavy atom. The SMILES string of the molecule is C.OO.[AsH3]. The zero-order chi connectivity index (χ0) is 2.00. The summed E-state index contributed by atoms with van der Waals surface area (Å²) < 4.78 is 0. The topological polar surface area (TPSA) is 40.5 Å². The van der Waals surface area contributed by atoms with Gasteiger partial charge in [-0.15, -0.1) is 0 Å². The van der Waals surface area contributed by atoms with E-state index in [9.17, 15) is 0 Å². The zero-order valence-electron chi connectivity index (χ0n) is 1.60. The van der Waals surface area contributed by atoms with Gasteiger partial charge in [-0.1, -0.05) is 7.43 Å². The number of hydrogen-bond acceptors (Lipinski definition) is 2. The Balaban J connectivity index is -0.00000000500. The van der Waals surface area contributed by atoms with Crippen molar-refractivity contribution in [2.24, 2.45) is 0 Å². The molecule has 0 bridgehead atoms. The minimum atomic E-state index is 0. The van der Waals surface area contributed by atoms with Crippen molar-refractivity contribution in [3.8, 4) is 0 Å². The van der Waals surface area contributed by atoms with E-state index in [0.717, 1.165) is 0 Å². The summed E-state index contributed by atoms with van der Waals surface area (Å²) in [5.74, 6) is 0. The second-order valence-corrected chi connectivity index (χ2v) is 0. The summed E-state index contributed by atoms with van der Waals surface area (Å²) in [6.45, 7) is 0. The van der Waals surface area contributed by atoms with Crippen molar-refractivity contribution >= 4 is 18.0 Å². The standard InChI is InChI=1S/CH4.AsH3.H2O2/c;;1-2/h1H4;1H3;1-2H. The Hall–Kier alpha value is 0.478. The first-order valence-electron chi connectivity index (χ1n) is 0.200. The third kappa shape index (κ3) is 23.7. The molecule has 0 heterocycles. The van der Waals surface area contributed by atoms with Crippen LogP contribution < -0.4 is 0 Å². The number of rotatable bonds is 0. The molecule has 1 atom stereocenters. The van der Waals surface area contributed by atoms with Crippen LogP contribution in [-0.4, -0.2) is 28.5 Å². The van der Waals surface area contributed by atoms with Crippen molar-refractivity contribution in [3.63, 3.8) is 0 Å². The molecule has 0 aromatic heterocycles. The van der Waals surface area contributed by atoms with Crippen LogP contribution in [0.15, 0.2) is 0 Å². The van der Waals surface area contributed by atoms with Crippen molar-refractivity contribution < 1.29 is 10.5 Å². The van der Waals surface area contributed by atoms with Crippen LogP contribution >= 0.6 is 0 Å². The van der Waals surface area contributed by atoms with Gasteiger partial charge in [0.25, 0.3) is 0 Å². The Kier molecular flexibility index (Phi) is 579. The predicted octanol–water partition coefficient (Wildman–Crippen LogP) is -0.530. The van der Waals surface area contributed by atoms with Crippen LogP contribution in [0.2, 0.25) is 0 Å². The van der Waals surface area contributed by atoms with Crippen LogP contribution in [-0.2, 0) is 0 Å². The van der Waals surface area contributed by atoms with Gasteiger partial charge in [0.1, 0.15) is 0 Å². The maximum absolute atomic E-state index is 6.00. The van der Waals surface area contributed by atoms with Gasteiger partial charge in [-0.05, 0) is 0 Å². The molecule has 0 saturated carbocycles. The van der Waals surface area contributed by atoms with E-state index in [-0.39, 0.29) is 25.4 Å². The average Bonchev–Trinajstić information content (AvgIpc) is 1.00. The maximum atomic E-state index is 6.00. The van der Waals surface area contributed by atoms with E-state index < -0.39 is 0 Å². The summed E-state index contributed by atoms with van der Waals surface area (Å²) in [6.07, 6.45) is 0. The molecule has 2 nitrogen and oxygen atoms in total. The molecule has 1 unspecified atom stereocenters. The van der Waals surface area contributed by atoms with E-state index in [4.69, 9.17) is 10.5 Å². The zero-order valence-corrected chi connectivity index (χ0v) is 4.57. The molecular weight excluding hydrogens is 119 g/mol. The Morgan fingerprint density at radius 3 is 1.00 bits per heavy atom. The molecule has 0 fully saturated rings. The molecule has 0 saturated heterocycles. The van der Waals surface area contributed by atoms with Crippen LogP contribution in [0.5, 0.6) is 0 Å². The molecule has 0 spiro atoms. The first-order valence-corrected chi connectivity index (χ1v) is 0.200. The summed E-state index contributed by atoms with van der Waals surface area (Å²) in [4.78, 5) is 0. The van der Waals surface area contributed by atoms with Crippen LogP contribution in [0.25, 0.3) is 0 Å². The second-order valence-electron chi connectivity index (χ2n) is 0. The molecular formula is CH9AsO2. The van der Waals surface area contributed by atoms with Crippen LogP contribution in [0.3, 0.4) is 0 Å². The minimum absolute atomic E-state index is 0. The molecule has 0 radical (unpaired) electrons. The van der Waals surface area contributed by atoms with E-state index in [0.29, 0.717) is 0 Å². The van der Waals surface area contributed by atoms with E-state index in [1.807, 2.05) is 0 Å². The van der Waals surface area contributed by atoms with Gasteiger partial charge in [0.2, 0.25) is 0 Å². The van der Waals surface area contributed by atoms with E-state index in [1.165, 1.54) is 0 Å². The molecule has 0 aliphatic rings. The van der Waals surface area contributed by atoms with Crippen molar-refractivity contribution in [2.45, 2.75) is 7.43 Å².